The Bertz CT molecular complexity index is 298. The fourth-order valence-electron chi connectivity index (χ4n) is 2.41. The quantitative estimate of drug-likeness (QED) is 0.491. The van der Waals surface area contributed by atoms with Crippen LogP contribution in [0.2, 0.25) is 26.2 Å². The molecule has 0 rings (SSSR count). The summed E-state index contributed by atoms with van der Waals surface area (Å²) < 4.78 is 12.4. The summed E-state index contributed by atoms with van der Waals surface area (Å²) in [5.41, 5.74) is 0. The van der Waals surface area contributed by atoms with Crippen molar-refractivity contribution in [1.29, 1.82) is 0 Å². The lowest BCUT2D eigenvalue weighted by atomic mass is 9.86. The van der Waals surface area contributed by atoms with Crippen molar-refractivity contribution in [3.63, 3.8) is 0 Å². The molecule has 21 heavy (non-hydrogen) atoms. The van der Waals surface area contributed by atoms with E-state index in [2.05, 4.69) is 53.9 Å². The minimum atomic E-state index is -1.44. The first kappa shape index (κ1) is 21.1. The van der Waals surface area contributed by atoms with Gasteiger partial charge in [0.05, 0.1) is 6.61 Å². The summed E-state index contributed by atoms with van der Waals surface area (Å²) in [7, 11) is -2.19. The lowest BCUT2D eigenvalue weighted by Gasteiger charge is -2.30. The number of hydrogen-bond acceptors (Lipinski definition) is 2. The highest BCUT2D eigenvalue weighted by molar-refractivity contribution is 6.69. The molecule has 0 aliphatic heterocycles. The molecule has 126 valence electrons. The van der Waals surface area contributed by atoms with E-state index in [1.807, 2.05) is 0 Å². The molecule has 2 nitrogen and oxygen atoms in total. The predicted molar refractivity (Wildman–Crippen MR) is 100 cm³/mol. The minimum absolute atomic E-state index is 0.566. The molecule has 0 aromatic carbocycles. The minimum Gasteiger partial charge on any atom is -0.550 e. The maximum Gasteiger partial charge on any atom is 0.227 e. The summed E-state index contributed by atoms with van der Waals surface area (Å²) in [5, 5.41) is 1.45. The Kier molecular flexibility index (Phi) is 10.8. The molecule has 0 radical (unpaired) electrons. The van der Waals surface area contributed by atoms with Gasteiger partial charge in [-0.05, 0) is 46.0 Å². The van der Waals surface area contributed by atoms with Crippen LogP contribution >= 0.6 is 0 Å². The third-order valence-electron chi connectivity index (χ3n) is 3.93. The van der Waals surface area contributed by atoms with Gasteiger partial charge in [-0.1, -0.05) is 44.7 Å². The number of hydrogen-bond donors (Lipinski definition) is 0. The van der Waals surface area contributed by atoms with Crippen LogP contribution in [0.25, 0.3) is 0 Å². The zero-order valence-corrected chi connectivity index (χ0v) is 17.7. The largest absolute Gasteiger partial charge is 0.550 e. The van der Waals surface area contributed by atoms with Gasteiger partial charge >= 0.3 is 0 Å². The second-order valence-corrected chi connectivity index (χ2v) is 14.3. The molecule has 0 bridgehead atoms. The van der Waals surface area contributed by atoms with E-state index in [1.165, 1.54) is 30.9 Å². The van der Waals surface area contributed by atoms with Crippen molar-refractivity contribution in [2.24, 2.45) is 11.8 Å². The van der Waals surface area contributed by atoms with Crippen molar-refractivity contribution < 1.29 is 8.85 Å². The monoisotopic (exact) mass is 330 g/mol. The van der Waals surface area contributed by atoms with Crippen LogP contribution in [0.5, 0.6) is 0 Å². The van der Waals surface area contributed by atoms with Crippen molar-refractivity contribution in [1.82, 2.24) is 0 Å². The van der Waals surface area contributed by atoms with Crippen LogP contribution in [0.4, 0.5) is 0 Å². The van der Waals surface area contributed by atoms with Gasteiger partial charge in [0.2, 0.25) is 8.65 Å². The first-order valence-electron chi connectivity index (χ1n) is 8.62. The van der Waals surface area contributed by atoms with Crippen LogP contribution in [-0.2, 0) is 8.85 Å². The Labute approximate surface area is 136 Å². The van der Waals surface area contributed by atoms with Crippen LogP contribution in [0.15, 0.2) is 0 Å². The Morgan fingerprint density at radius 3 is 1.86 bits per heavy atom. The van der Waals surface area contributed by atoms with Gasteiger partial charge in [-0.3, -0.25) is 0 Å². The fourth-order valence-corrected chi connectivity index (χ4v) is 3.88. The molecule has 1 unspecified atom stereocenters. The lowest BCUT2D eigenvalue weighted by molar-refractivity contribution is 0.118. The standard InChI is InChI=1S/C17H38O2Si2/c1-9-11-16(12-10-2)17(14-19-21(6,7)8)13-18-20(5)15(3)4/h16-17H,9-14H2,1-8H3. The van der Waals surface area contributed by atoms with Gasteiger partial charge in [-0.25, -0.2) is 0 Å². The molecule has 0 spiro atoms. The van der Waals surface area contributed by atoms with Gasteiger partial charge in [0.1, 0.15) is 0 Å². The third kappa shape index (κ3) is 10.4. The Morgan fingerprint density at radius 2 is 1.48 bits per heavy atom. The topological polar surface area (TPSA) is 18.5 Å². The Hall–Kier alpha value is 0.0638. The Balaban J connectivity index is 4.75. The SMILES string of the molecule is CCCC(CCC)C(CO[Si](C)=C(C)C)CO[Si](C)(C)C. The molecular weight excluding hydrogens is 292 g/mol. The average Bonchev–Trinajstić information content (AvgIpc) is 2.37. The predicted octanol–water partition coefficient (Wildman–Crippen LogP) is 5.10. The molecule has 4 heteroatoms. The lowest BCUT2D eigenvalue weighted by Crippen LogP contribution is -2.34. The van der Waals surface area contributed by atoms with Gasteiger partial charge in [-0.2, -0.15) is 0 Å². The summed E-state index contributed by atoms with van der Waals surface area (Å²) >= 11 is 0. The second kappa shape index (κ2) is 10.7. The third-order valence-corrected chi connectivity index (χ3v) is 6.97. The van der Waals surface area contributed by atoms with E-state index in [-0.39, 0.29) is 0 Å². The smallest absolute Gasteiger partial charge is 0.227 e. The van der Waals surface area contributed by atoms with Crippen LogP contribution in [0, 0.1) is 11.8 Å². The van der Waals surface area contributed by atoms with E-state index in [0.717, 1.165) is 19.1 Å². The summed E-state index contributed by atoms with van der Waals surface area (Å²) in [5.74, 6) is 1.32. The average molecular weight is 331 g/mol. The maximum absolute atomic E-state index is 6.22. The van der Waals surface area contributed by atoms with Crippen LogP contribution in [0.3, 0.4) is 0 Å². The zero-order valence-electron chi connectivity index (χ0n) is 15.7. The maximum atomic E-state index is 6.22. The van der Waals surface area contributed by atoms with Crippen LogP contribution < -0.4 is 0 Å². The molecule has 0 N–H and O–H groups in total. The number of rotatable bonds is 11. The van der Waals surface area contributed by atoms with Gasteiger partial charge in [0.25, 0.3) is 0 Å². The van der Waals surface area contributed by atoms with Crippen molar-refractivity contribution in [3.8, 4) is 0 Å². The highest BCUT2D eigenvalue weighted by Gasteiger charge is 2.24. The highest BCUT2D eigenvalue weighted by atomic mass is 28.4. The van der Waals surface area contributed by atoms with E-state index in [4.69, 9.17) is 8.85 Å². The van der Waals surface area contributed by atoms with E-state index < -0.39 is 17.0 Å². The molecular formula is C17H38O2Si2. The summed E-state index contributed by atoms with van der Waals surface area (Å²) in [6, 6.07) is 0. The van der Waals surface area contributed by atoms with Gasteiger partial charge in [0.15, 0.2) is 8.32 Å². The van der Waals surface area contributed by atoms with Crippen LogP contribution in [0.1, 0.15) is 53.4 Å². The van der Waals surface area contributed by atoms with Crippen LogP contribution in [-0.4, -0.2) is 35.4 Å². The normalized spacial score (nSPS) is 13.4. The fraction of sp³-hybridized carbons (Fsp3) is 0.941. The first-order valence-corrected chi connectivity index (χ1v) is 13.9. The van der Waals surface area contributed by atoms with E-state index in [1.54, 1.807) is 0 Å². The van der Waals surface area contributed by atoms with Crippen molar-refractivity contribution in [3.05, 3.63) is 0 Å². The molecule has 0 aromatic rings. The molecule has 0 aromatic heterocycles. The Morgan fingerprint density at radius 1 is 0.952 bits per heavy atom. The molecule has 0 amide bonds. The van der Waals surface area contributed by atoms with E-state index >= 15 is 0 Å². The van der Waals surface area contributed by atoms with Gasteiger partial charge in [-0.15, -0.1) is 0 Å². The first-order chi connectivity index (χ1) is 9.71. The second-order valence-electron chi connectivity index (χ2n) is 7.39. The van der Waals surface area contributed by atoms with E-state index in [9.17, 15) is 0 Å². The highest BCUT2D eigenvalue weighted by Crippen LogP contribution is 2.25. The molecule has 0 saturated carbocycles. The van der Waals surface area contributed by atoms with Gasteiger partial charge < -0.3 is 8.85 Å². The molecule has 0 saturated heterocycles. The van der Waals surface area contributed by atoms with Crippen molar-refractivity contribution in [2.75, 3.05) is 13.2 Å². The molecule has 0 aliphatic carbocycles. The van der Waals surface area contributed by atoms with Crippen molar-refractivity contribution in [2.45, 2.75) is 79.6 Å². The molecule has 0 aliphatic rings. The van der Waals surface area contributed by atoms with Crippen molar-refractivity contribution >= 4 is 22.1 Å². The summed E-state index contributed by atoms with van der Waals surface area (Å²) in [6.45, 7) is 19.8. The summed E-state index contributed by atoms with van der Waals surface area (Å²) in [4.78, 5) is 0. The van der Waals surface area contributed by atoms with E-state index in [0.29, 0.717) is 5.92 Å². The zero-order chi connectivity index (χ0) is 16.5. The summed E-state index contributed by atoms with van der Waals surface area (Å²) in [6.07, 6.45) is 5.13. The van der Waals surface area contributed by atoms with Gasteiger partial charge in [0, 0.05) is 12.5 Å². The molecule has 0 heterocycles. The molecule has 0 fully saturated rings. The molecule has 1 atom stereocenters.